The summed E-state index contributed by atoms with van der Waals surface area (Å²) in [6.07, 6.45) is 2.58. The van der Waals surface area contributed by atoms with Crippen molar-refractivity contribution >= 4 is 23.7 Å². The first-order valence-electron chi connectivity index (χ1n) is 9.08. The lowest BCUT2D eigenvalue weighted by atomic mass is 9.96. The third-order valence-electron chi connectivity index (χ3n) is 4.25. The molecule has 1 unspecified atom stereocenters. The minimum absolute atomic E-state index is 0.146. The molecular formula is C20H24N4O3S. The summed E-state index contributed by atoms with van der Waals surface area (Å²) in [6.45, 7) is 7.71. The van der Waals surface area contributed by atoms with Crippen molar-refractivity contribution in [2.45, 2.75) is 31.5 Å². The number of hydrogen-bond acceptors (Lipinski definition) is 7. The molecule has 1 N–H and O–H groups in total. The highest BCUT2D eigenvalue weighted by Crippen LogP contribution is 2.37. The summed E-state index contributed by atoms with van der Waals surface area (Å²) in [5, 5.41) is 8.52. The van der Waals surface area contributed by atoms with Crippen LogP contribution >= 0.6 is 11.8 Å². The molecule has 0 aliphatic carbocycles. The first-order valence-corrected chi connectivity index (χ1v) is 10.1. The van der Waals surface area contributed by atoms with Crippen molar-refractivity contribution in [2.24, 2.45) is 0 Å². The van der Waals surface area contributed by atoms with Gasteiger partial charge < -0.3 is 14.8 Å². The maximum absolute atomic E-state index is 12.8. The van der Waals surface area contributed by atoms with E-state index in [-0.39, 0.29) is 6.61 Å². The average Bonchev–Trinajstić information content (AvgIpc) is 3.11. The van der Waals surface area contributed by atoms with Gasteiger partial charge in [0, 0.05) is 11.4 Å². The predicted molar refractivity (Wildman–Crippen MR) is 110 cm³/mol. The number of nitrogens with zero attached hydrogens (tertiary/aromatic N) is 3. The number of allylic oxidation sites excluding steroid dienone is 1. The Kier molecular flexibility index (Phi) is 6.41. The van der Waals surface area contributed by atoms with E-state index in [0.29, 0.717) is 22.4 Å². The van der Waals surface area contributed by atoms with E-state index in [1.54, 1.807) is 29.6 Å². The number of thioether (sulfide) groups is 1. The molecule has 28 heavy (non-hydrogen) atoms. The highest BCUT2D eigenvalue weighted by atomic mass is 32.2. The van der Waals surface area contributed by atoms with Crippen molar-refractivity contribution in [1.29, 1.82) is 0 Å². The van der Waals surface area contributed by atoms with Gasteiger partial charge >= 0.3 is 5.97 Å². The second kappa shape index (κ2) is 8.97. The standard InChI is InChI=1S/C20H24N4O3S/c1-5-11-27-18(25)16-13(3)21-19-22-20(28-12-6-2)23-24(19)17(16)14-7-9-15(26-4)10-8-14/h5,7-10,17H,1,6,11-12H2,2-4H3,(H,21,22,23). The van der Waals surface area contributed by atoms with E-state index >= 15 is 0 Å². The van der Waals surface area contributed by atoms with Crippen LogP contribution in [0.5, 0.6) is 5.75 Å². The molecule has 0 amide bonds. The zero-order chi connectivity index (χ0) is 20.1. The highest BCUT2D eigenvalue weighted by Gasteiger charge is 2.35. The van der Waals surface area contributed by atoms with Crippen molar-refractivity contribution in [3.63, 3.8) is 0 Å². The normalized spacial score (nSPS) is 15.6. The van der Waals surface area contributed by atoms with Crippen LogP contribution in [-0.2, 0) is 9.53 Å². The van der Waals surface area contributed by atoms with Crippen LogP contribution in [0.4, 0.5) is 5.95 Å². The summed E-state index contributed by atoms with van der Waals surface area (Å²) in [7, 11) is 1.62. The largest absolute Gasteiger partial charge is 0.497 e. The minimum atomic E-state index is -0.442. The molecule has 2 aromatic rings. The molecule has 2 heterocycles. The van der Waals surface area contributed by atoms with Gasteiger partial charge in [0.25, 0.3) is 0 Å². The first kappa shape index (κ1) is 20.0. The van der Waals surface area contributed by atoms with Gasteiger partial charge in [-0.15, -0.1) is 5.10 Å². The molecule has 7 nitrogen and oxygen atoms in total. The number of carbonyl (C=O) groups excluding carboxylic acids is 1. The molecule has 148 valence electrons. The van der Waals surface area contributed by atoms with Gasteiger partial charge in [0.15, 0.2) is 0 Å². The lowest BCUT2D eigenvalue weighted by Crippen LogP contribution is -2.29. The Balaban J connectivity index is 2.05. The molecule has 0 spiro atoms. The van der Waals surface area contributed by atoms with E-state index < -0.39 is 12.0 Å². The smallest absolute Gasteiger partial charge is 0.338 e. The Morgan fingerprint density at radius 3 is 2.79 bits per heavy atom. The van der Waals surface area contributed by atoms with E-state index in [1.807, 2.05) is 31.2 Å². The minimum Gasteiger partial charge on any atom is -0.497 e. The number of methoxy groups -OCH3 is 1. The van der Waals surface area contributed by atoms with Crippen molar-refractivity contribution in [1.82, 2.24) is 14.8 Å². The van der Waals surface area contributed by atoms with Gasteiger partial charge in [-0.3, -0.25) is 0 Å². The number of rotatable bonds is 8. The lowest BCUT2D eigenvalue weighted by Gasteiger charge is -2.28. The van der Waals surface area contributed by atoms with Gasteiger partial charge in [-0.1, -0.05) is 43.5 Å². The van der Waals surface area contributed by atoms with Gasteiger partial charge in [-0.25, -0.2) is 9.48 Å². The van der Waals surface area contributed by atoms with Crippen LogP contribution < -0.4 is 10.1 Å². The molecule has 0 saturated heterocycles. The van der Waals surface area contributed by atoms with Crippen molar-refractivity contribution in [3.05, 3.63) is 53.8 Å². The fraction of sp³-hybridized carbons (Fsp3) is 0.350. The molecule has 0 radical (unpaired) electrons. The van der Waals surface area contributed by atoms with Gasteiger partial charge in [0.2, 0.25) is 11.1 Å². The first-order chi connectivity index (χ1) is 13.6. The van der Waals surface area contributed by atoms with Gasteiger partial charge in [-0.2, -0.15) is 4.98 Å². The number of benzene rings is 1. The van der Waals surface area contributed by atoms with Crippen LogP contribution in [-0.4, -0.2) is 40.2 Å². The van der Waals surface area contributed by atoms with E-state index in [4.69, 9.17) is 9.47 Å². The van der Waals surface area contributed by atoms with Crippen LogP contribution in [0.3, 0.4) is 0 Å². The molecular weight excluding hydrogens is 376 g/mol. The Bertz CT molecular complexity index is 889. The molecule has 8 heteroatoms. The van der Waals surface area contributed by atoms with Gasteiger partial charge in [0.05, 0.1) is 12.7 Å². The summed E-state index contributed by atoms with van der Waals surface area (Å²) < 4.78 is 12.3. The summed E-state index contributed by atoms with van der Waals surface area (Å²) >= 11 is 1.59. The molecule has 1 aromatic carbocycles. The molecule has 1 aliphatic heterocycles. The van der Waals surface area contributed by atoms with E-state index in [1.165, 1.54) is 0 Å². The molecule has 1 aliphatic rings. The number of anilines is 1. The number of aromatic nitrogens is 3. The lowest BCUT2D eigenvalue weighted by molar-refractivity contribution is -0.138. The molecule has 1 atom stereocenters. The molecule has 3 rings (SSSR count). The number of fused-ring (bicyclic) bond motifs is 1. The summed E-state index contributed by atoms with van der Waals surface area (Å²) in [6, 6.07) is 7.13. The van der Waals surface area contributed by atoms with E-state index in [9.17, 15) is 4.79 Å². The number of ether oxygens (including phenoxy) is 2. The Hall–Kier alpha value is -2.74. The second-order valence-corrected chi connectivity index (χ2v) is 7.30. The SMILES string of the molecule is C=CCOC(=O)C1=C(C)Nc2nc(SCCC)nn2C1c1ccc(OC)cc1. The summed E-state index contributed by atoms with van der Waals surface area (Å²) in [5.74, 6) is 1.87. The second-order valence-electron chi connectivity index (χ2n) is 6.24. The fourth-order valence-electron chi connectivity index (χ4n) is 2.96. The quantitative estimate of drug-likeness (QED) is 0.410. The summed E-state index contributed by atoms with van der Waals surface area (Å²) in [5.41, 5.74) is 2.09. The monoisotopic (exact) mass is 400 g/mol. The molecule has 0 saturated carbocycles. The fourth-order valence-corrected chi connectivity index (χ4v) is 3.64. The van der Waals surface area contributed by atoms with E-state index in [0.717, 1.165) is 23.5 Å². The summed E-state index contributed by atoms with van der Waals surface area (Å²) in [4.78, 5) is 17.4. The average molecular weight is 401 g/mol. The van der Waals surface area contributed by atoms with Crippen LogP contribution in [0, 0.1) is 0 Å². The zero-order valence-electron chi connectivity index (χ0n) is 16.3. The Morgan fingerprint density at radius 1 is 1.39 bits per heavy atom. The molecule has 0 fully saturated rings. The Morgan fingerprint density at radius 2 is 2.14 bits per heavy atom. The van der Waals surface area contributed by atoms with Crippen LogP contribution in [0.1, 0.15) is 31.9 Å². The number of nitrogens with one attached hydrogen (secondary N) is 1. The number of hydrogen-bond donors (Lipinski definition) is 1. The highest BCUT2D eigenvalue weighted by molar-refractivity contribution is 7.99. The van der Waals surface area contributed by atoms with Crippen molar-refractivity contribution in [3.8, 4) is 5.75 Å². The van der Waals surface area contributed by atoms with Gasteiger partial charge in [0.1, 0.15) is 18.4 Å². The van der Waals surface area contributed by atoms with Crippen molar-refractivity contribution < 1.29 is 14.3 Å². The molecule has 1 aromatic heterocycles. The third kappa shape index (κ3) is 4.06. The predicted octanol–water partition coefficient (Wildman–Crippen LogP) is 3.81. The maximum Gasteiger partial charge on any atom is 0.338 e. The third-order valence-corrected chi connectivity index (χ3v) is 5.30. The topological polar surface area (TPSA) is 78.3 Å². The van der Waals surface area contributed by atoms with Gasteiger partial charge in [-0.05, 0) is 31.0 Å². The van der Waals surface area contributed by atoms with E-state index in [2.05, 4.69) is 28.9 Å². The maximum atomic E-state index is 12.8. The van der Waals surface area contributed by atoms with Crippen LogP contribution in [0.25, 0.3) is 0 Å². The van der Waals surface area contributed by atoms with Crippen LogP contribution in [0.15, 0.2) is 53.3 Å². The zero-order valence-corrected chi connectivity index (χ0v) is 17.1. The van der Waals surface area contributed by atoms with Crippen LogP contribution in [0.2, 0.25) is 0 Å². The van der Waals surface area contributed by atoms with Crippen molar-refractivity contribution in [2.75, 3.05) is 24.8 Å². The number of carbonyl (C=O) groups is 1. The number of esters is 1. The molecule has 0 bridgehead atoms. The Labute approximate surface area is 168 Å².